The minimum atomic E-state index is -2.70. The number of aromatic nitrogens is 5. The third kappa shape index (κ3) is 6.24. The molecule has 3 aromatic heterocycles. The topological polar surface area (TPSA) is 104 Å². The number of hydrogen-bond donors (Lipinski definition) is 1. The molecule has 0 radical (unpaired) electrons. The molecular weight excluding hydrogens is 563 g/mol. The first-order chi connectivity index (χ1) is 20.5. The number of aryl methyl sites for hydroxylation is 2. The molecule has 1 N–H and O–H groups in total. The van der Waals surface area contributed by atoms with Crippen molar-refractivity contribution in [3.63, 3.8) is 0 Å². The third-order valence-electron chi connectivity index (χ3n) is 8.20. The van der Waals surface area contributed by atoms with Gasteiger partial charge in [0.25, 0.3) is 5.56 Å². The van der Waals surface area contributed by atoms with Gasteiger partial charge in [-0.3, -0.25) is 13.9 Å². The number of halogens is 3. The average molecular weight is 600 g/mol. The predicted octanol–water partition coefficient (Wildman–Crippen LogP) is 4.91. The van der Waals surface area contributed by atoms with E-state index >= 15 is 0 Å². The molecule has 0 spiro atoms. The highest BCUT2D eigenvalue weighted by Gasteiger charge is 2.37. The number of ether oxygens (including phenoxy) is 1. The third-order valence-corrected chi connectivity index (χ3v) is 8.20. The van der Waals surface area contributed by atoms with Gasteiger partial charge in [-0.2, -0.15) is 0 Å². The minimum Gasteiger partial charge on any atom is -0.474 e. The Bertz CT molecular complexity index is 1720. The molecule has 0 amide bonds. The van der Waals surface area contributed by atoms with Gasteiger partial charge in [0.1, 0.15) is 17.7 Å². The first kappa shape index (κ1) is 30.5. The quantitative estimate of drug-likeness (QED) is 0.278. The van der Waals surface area contributed by atoms with Crippen LogP contribution >= 0.6 is 0 Å². The molecule has 0 unspecified atom stereocenters. The van der Waals surface area contributed by atoms with Crippen LogP contribution in [0.15, 0.2) is 46.0 Å². The van der Waals surface area contributed by atoms with Gasteiger partial charge >= 0.3 is 5.69 Å². The number of hydrogen-bond acceptors (Lipinski definition) is 6. The predicted molar refractivity (Wildman–Crippen MR) is 156 cm³/mol. The molecule has 0 saturated heterocycles. The molecular formula is C31H36F3N5O4. The molecule has 5 rings (SSSR count). The van der Waals surface area contributed by atoms with E-state index in [0.29, 0.717) is 48.6 Å². The minimum absolute atomic E-state index is 0.0472. The largest absolute Gasteiger partial charge is 0.474 e. The molecule has 0 aliphatic heterocycles. The van der Waals surface area contributed by atoms with Crippen LogP contribution in [0.3, 0.4) is 0 Å². The molecule has 12 heteroatoms. The van der Waals surface area contributed by atoms with Crippen LogP contribution in [0.4, 0.5) is 13.2 Å². The van der Waals surface area contributed by atoms with E-state index in [4.69, 9.17) is 9.72 Å². The smallest absolute Gasteiger partial charge is 0.332 e. The van der Waals surface area contributed by atoms with E-state index in [1.165, 1.54) is 16.7 Å². The summed E-state index contributed by atoms with van der Waals surface area (Å²) in [6.45, 7) is 4.84. The van der Waals surface area contributed by atoms with Gasteiger partial charge in [0.15, 0.2) is 11.2 Å². The van der Waals surface area contributed by atoms with Crippen LogP contribution in [0.5, 0.6) is 5.88 Å². The van der Waals surface area contributed by atoms with Crippen molar-refractivity contribution in [2.24, 2.45) is 5.92 Å². The second-order valence-corrected chi connectivity index (χ2v) is 11.2. The molecule has 1 saturated carbocycles. The lowest BCUT2D eigenvalue weighted by molar-refractivity contribution is -0.0633. The summed E-state index contributed by atoms with van der Waals surface area (Å²) in [5.74, 6) is -2.97. The maximum atomic E-state index is 13.7. The number of fused-ring (bicyclic) bond motifs is 1. The Labute approximate surface area is 246 Å². The lowest BCUT2D eigenvalue weighted by Crippen LogP contribution is -2.40. The molecule has 0 atom stereocenters. The van der Waals surface area contributed by atoms with E-state index in [9.17, 15) is 27.9 Å². The van der Waals surface area contributed by atoms with Crippen molar-refractivity contribution in [3.8, 4) is 17.3 Å². The van der Waals surface area contributed by atoms with Crippen molar-refractivity contribution >= 4 is 11.2 Å². The second kappa shape index (κ2) is 12.4. The van der Waals surface area contributed by atoms with Crippen LogP contribution in [-0.2, 0) is 19.6 Å². The molecule has 0 bridgehead atoms. The second-order valence-electron chi connectivity index (χ2n) is 11.2. The zero-order valence-corrected chi connectivity index (χ0v) is 24.5. The van der Waals surface area contributed by atoms with Crippen molar-refractivity contribution in [3.05, 3.63) is 74.3 Å². The fraction of sp³-hybridized carbons (Fsp3) is 0.484. The van der Waals surface area contributed by atoms with Gasteiger partial charge in [-0.05, 0) is 76.6 Å². The monoisotopic (exact) mass is 599 g/mol. The molecule has 1 aliphatic rings. The van der Waals surface area contributed by atoms with Crippen LogP contribution in [0.1, 0.15) is 57.2 Å². The van der Waals surface area contributed by atoms with Crippen LogP contribution in [-0.4, -0.2) is 47.4 Å². The van der Waals surface area contributed by atoms with Gasteiger partial charge in [-0.15, -0.1) is 0 Å². The number of aliphatic hydroxyl groups is 1. The van der Waals surface area contributed by atoms with Crippen LogP contribution in [0, 0.1) is 18.7 Å². The van der Waals surface area contributed by atoms with Crippen LogP contribution < -0.4 is 16.0 Å². The normalized spacial score (nSPS) is 17.5. The van der Waals surface area contributed by atoms with Gasteiger partial charge in [0.2, 0.25) is 11.8 Å². The molecule has 4 aromatic rings. The van der Waals surface area contributed by atoms with E-state index in [1.807, 2.05) is 0 Å². The maximum Gasteiger partial charge on any atom is 0.332 e. The number of aliphatic hydroxyl groups excluding tert-OH is 1. The molecule has 9 nitrogen and oxygen atoms in total. The van der Waals surface area contributed by atoms with Crippen molar-refractivity contribution in [2.45, 2.75) is 84.5 Å². The zero-order chi connectivity index (χ0) is 30.9. The summed E-state index contributed by atoms with van der Waals surface area (Å²) < 4.78 is 51.5. The molecule has 3 heterocycles. The van der Waals surface area contributed by atoms with Gasteiger partial charge in [-0.1, -0.05) is 12.1 Å². The summed E-state index contributed by atoms with van der Waals surface area (Å²) in [4.78, 5) is 36.4. The Kier molecular flexibility index (Phi) is 8.77. The van der Waals surface area contributed by atoms with Gasteiger partial charge in [-0.25, -0.2) is 27.9 Å². The molecule has 1 fully saturated rings. The van der Waals surface area contributed by atoms with E-state index < -0.39 is 28.9 Å². The summed E-state index contributed by atoms with van der Waals surface area (Å²) in [5, 5.41) is 9.35. The van der Waals surface area contributed by atoms with E-state index in [1.54, 1.807) is 42.7 Å². The van der Waals surface area contributed by atoms with Gasteiger partial charge in [0, 0.05) is 43.8 Å². The Balaban J connectivity index is 1.57. The Hall–Kier alpha value is -3.93. The zero-order valence-electron chi connectivity index (χ0n) is 24.5. The fourth-order valence-corrected chi connectivity index (χ4v) is 5.83. The Morgan fingerprint density at radius 3 is 2.30 bits per heavy atom. The molecule has 230 valence electrons. The molecule has 1 aliphatic carbocycles. The summed E-state index contributed by atoms with van der Waals surface area (Å²) >= 11 is 0. The molecule has 43 heavy (non-hydrogen) atoms. The summed E-state index contributed by atoms with van der Waals surface area (Å²) in [6.07, 6.45) is 1.82. The summed E-state index contributed by atoms with van der Waals surface area (Å²) in [6, 6.07) is 9.39. The van der Waals surface area contributed by atoms with Crippen molar-refractivity contribution in [2.75, 3.05) is 6.61 Å². The lowest BCUT2D eigenvalue weighted by Gasteiger charge is -2.31. The number of pyridine rings is 1. The van der Waals surface area contributed by atoms with E-state index in [0.717, 1.165) is 17.1 Å². The highest BCUT2D eigenvalue weighted by Crippen LogP contribution is 2.37. The van der Waals surface area contributed by atoms with Gasteiger partial charge < -0.3 is 14.4 Å². The standard InChI is InChI=1S/C31H36F3N5O4/c1-4-37-28-26(29(41)38(30(37)42)16-5-17-40)39(18-20-6-10-22(32)11-7-20)27(36-28)24-14-15-25(35-19(24)2)43-23-12-8-21(9-13-23)31(3,33)34/h6-7,10-11,14-15,21,23,40H,4-5,8-9,12-13,16-18H2,1-3H3. The van der Waals surface area contributed by atoms with Crippen LogP contribution in [0.2, 0.25) is 0 Å². The number of imidazole rings is 1. The van der Waals surface area contributed by atoms with Crippen LogP contribution in [0.25, 0.3) is 22.6 Å². The number of nitrogens with zero attached hydrogens (tertiary/aromatic N) is 5. The summed E-state index contributed by atoms with van der Waals surface area (Å²) in [5.41, 5.74) is 1.28. The Morgan fingerprint density at radius 2 is 1.70 bits per heavy atom. The maximum absolute atomic E-state index is 13.7. The lowest BCUT2D eigenvalue weighted by atomic mass is 9.84. The van der Waals surface area contributed by atoms with Gasteiger partial charge in [0.05, 0.1) is 5.69 Å². The SMILES string of the molecule is CCn1c(=O)n(CCCO)c(=O)c2c1nc(-c1ccc(OC3CCC(C(C)(F)F)CC3)nc1C)n2Cc1ccc(F)cc1. The fourth-order valence-electron chi connectivity index (χ4n) is 5.83. The van der Waals surface area contributed by atoms with Crippen molar-refractivity contribution < 1.29 is 23.0 Å². The average Bonchev–Trinajstić information content (AvgIpc) is 3.33. The van der Waals surface area contributed by atoms with E-state index in [2.05, 4.69) is 4.98 Å². The summed E-state index contributed by atoms with van der Waals surface area (Å²) in [7, 11) is 0. The number of alkyl halides is 2. The highest BCUT2D eigenvalue weighted by atomic mass is 19.3. The highest BCUT2D eigenvalue weighted by molar-refractivity contribution is 5.78. The number of benzene rings is 1. The number of rotatable bonds is 10. The van der Waals surface area contributed by atoms with E-state index in [-0.39, 0.29) is 49.9 Å². The Morgan fingerprint density at radius 1 is 1.00 bits per heavy atom. The first-order valence-corrected chi connectivity index (χ1v) is 14.6. The van der Waals surface area contributed by atoms with Crippen molar-refractivity contribution in [1.29, 1.82) is 0 Å². The molecule has 1 aromatic carbocycles. The first-order valence-electron chi connectivity index (χ1n) is 14.6. The van der Waals surface area contributed by atoms with Crippen molar-refractivity contribution in [1.82, 2.24) is 23.7 Å².